The number of pyridine rings is 1. The number of allylic oxidation sites excluding steroid dienone is 1. The third-order valence-corrected chi connectivity index (χ3v) is 7.29. The minimum atomic E-state index is -0.159. The molecule has 2 atom stereocenters. The molecule has 1 aliphatic carbocycles. The first-order valence-electron chi connectivity index (χ1n) is 12.2. The van der Waals surface area contributed by atoms with E-state index < -0.39 is 0 Å². The maximum Gasteiger partial charge on any atom is 0.253 e. The van der Waals surface area contributed by atoms with E-state index in [-0.39, 0.29) is 11.8 Å². The van der Waals surface area contributed by atoms with E-state index in [1.807, 2.05) is 30.3 Å². The smallest absolute Gasteiger partial charge is 0.253 e. The summed E-state index contributed by atoms with van der Waals surface area (Å²) in [6, 6.07) is 16.3. The van der Waals surface area contributed by atoms with Crippen molar-refractivity contribution < 1.29 is 9.59 Å². The van der Waals surface area contributed by atoms with Crippen LogP contribution >= 0.6 is 11.6 Å². The van der Waals surface area contributed by atoms with Gasteiger partial charge < -0.3 is 10.2 Å². The minimum Gasteiger partial charge on any atom is -0.348 e. The van der Waals surface area contributed by atoms with E-state index >= 15 is 0 Å². The quantitative estimate of drug-likeness (QED) is 0.437. The highest BCUT2D eigenvalue weighted by Crippen LogP contribution is 2.39. The average molecular weight is 502 g/mol. The molecule has 2 unspecified atom stereocenters. The minimum absolute atomic E-state index is 0.0386. The lowest BCUT2D eigenvalue weighted by atomic mass is 9.81. The van der Waals surface area contributed by atoms with Crippen molar-refractivity contribution >= 4 is 28.4 Å². The fourth-order valence-electron chi connectivity index (χ4n) is 4.44. The standard InChI is InChI=1S/C30H32ClN3O2/c1-19-11-29(31)28-14-24(9-10-27(28)20(19)2)16-33-30(36)26-13-25(15-32-17-26)12-22-5-7-23(8-6-22)18-34(4)21(3)35/h5-11,13-15,17,19-20H,12,16,18H2,1-4H3,(H,33,36). The first kappa shape index (κ1) is 25.6. The summed E-state index contributed by atoms with van der Waals surface area (Å²) in [5.41, 5.74) is 7.00. The number of hydrogen-bond acceptors (Lipinski definition) is 3. The van der Waals surface area contributed by atoms with Crippen LogP contribution in [0.25, 0.3) is 5.03 Å². The molecular formula is C30H32ClN3O2. The number of carbonyl (C=O) groups is 2. The van der Waals surface area contributed by atoms with Gasteiger partial charge in [-0.1, -0.05) is 67.9 Å². The van der Waals surface area contributed by atoms with Gasteiger partial charge >= 0.3 is 0 Å². The molecule has 186 valence electrons. The number of benzene rings is 2. The van der Waals surface area contributed by atoms with Crippen LogP contribution in [0.5, 0.6) is 0 Å². The number of aromatic nitrogens is 1. The second-order valence-corrected chi connectivity index (χ2v) is 10.1. The molecule has 1 N–H and O–H groups in total. The topological polar surface area (TPSA) is 62.3 Å². The fraction of sp³-hybridized carbons (Fsp3) is 0.300. The van der Waals surface area contributed by atoms with E-state index in [0.29, 0.717) is 36.9 Å². The molecule has 1 aromatic heterocycles. The molecule has 0 radical (unpaired) electrons. The van der Waals surface area contributed by atoms with Crippen LogP contribution in [-0.2, 0) is 24.3 Å². The second-order valence-electron chi connectivity index (χ2n) is 9.72. The number of rotatable bonds is 7. The van der Waals surface area contributed by atoms with Gasteiger partial charge in [0.1, 0.15) is 0 Å². The van der Waals surface area contributed by atoms with E-state index in [4.69, 9.17) is 11.6 Å². The number of nitrogens with zero attached hydrogens (tertiary/aromatic N) is 2. The van der Waals surface area contributed by atoms with Gasteiger partial charge in [0.25, 0.3) is 5.91 Å². The van der Waals surface area contributed by atoms with Crippen molar-refractivity contribution in [2.24, 2.45) is 5.92 Å². The summed E-state index contributed by atoms with van der Waals surface area (Å²) in [5.74, 6) is 0.699. The van der Waals surface area contributed by atoms with Crippen LogP contribution in [0.4, 0.5) is 0 Å². The number of amides is 2. The summed E-state index contributed by atoms with van der Waals surface area (Å²) in [6.45, 7) is 6.95. The Morgan fingerprint density at radius 1 is 0.972 bits per heavy atom. The first-order chi connectivity index (χ1) is 17.2. The Labute approximate surface area is 218 Å². The van der Waals surface area contributed by atoms with Crippen molar-refractivity contribution in [1.82, 2.24) is 15.2 Å². The molecular weight excluding hydrogens is 470 g/mol. The highest BCUT2D eigenvalue weighted by atomic mass is 35.5. The number of halogens is 1. The van der Waals surface area contributed by atoms with E-state index in [1.165, 1.54) is 5.56 Å². The molecule has 1 aliphatic rings. The summed E-state index contributed by atoms with van der Waals surface area (Å²) in [7, 11) is 1.79. The predicted molar refractivity (Wildman–Crippen MR) is 145 cm³/mol. The Balaban J connectivity index is 1.38. The summed E-state index contributed by atoms with van der Waals surface area (Å²) < 4.78 is 0. The maximum absolute atomic E-state index is 12.9. The second kappa shape index (κ2) is 11.1. The van der Waals surface area contributed by atoms with Crippen LogP contribution in [0.3, 0.4) is 0 Å². The van der Waals surface area contributed by atoms with E-state index in [1.54, 1.807) is 31.3 Å². The van der Waals surface area contributed by atoms with Crippen molar-refractivity contribution in [1.29, 1.82) is 0 Å². The molecule has 0 saturated heterocycles. The predicted octanol–water partition coefficient (Wildman–Crippen LogP) is 5.91. The Morgan fingerprint density at radius 3 is 2.39 bits per heavy atom. The molecule has 36 heavy (non-hydrogen) atoms. The van der Waals surface area contributed by atoms with Crippen molar-refractivity contribution in [2.45, 2.75) is 46.2 Å². The van der Waals surface area contributed by atoms with E-state index in [0.717, 1.165) is 32.8 Å². The third-order valence-electron chi connectivity index (χ3n) is 6.96. The summed E-state index contributed by atoms with van der Waals surface area (Å²) in [6.07, 6.45) is 6.15. The molecule has 0 fully saturated rings. The van der Waals surface area contributed by atoms with Crippen molar-refractivity contribution in [2.75, 3.05) is 7.05 Å². The third kappa shape index (κ3) is 6.03. The number of nitrogens with one attached hydrogen (secondary N) is 1. The molecule has 0 spiro atoms. The van der Waals surface area contributed by atoms with E-state index in [2.05, 4.69) is 48.4 Å². The monoisotopic (exact) mass is 501 g/mol. The molecule has 0 saturated carbocycles. The van der Waals surface area contributed by atoms with Gasteiger partial charge in [-0.3, -0.25) is 14.6 Å². The maximum atomic E-state index is 12.9. The van der Waals surface area contributed by atoms with Gasteiger partial charge in [0.15, 0.2) is 0 Å². The van der Waals surface area contributed by atoms with Crippen LogP contribution in [0, 0.1) is 5.92 Å². The summed E-state index contributed by atoms with van der Waals surface area (Å²) in [5, 5.41) is 3.79. The Bertz CT molecular complexity index is 1300. The zero-order valence-corrected chi connectivity index (χ0v) is 22.0. The summed E-state index contributed by atoms with van der Waals surface area (Å²) in [4.78, 5) is 30.3. The van der Waals surface area contributed by atoms with Crippen LogP contribution in [0.2, 0.25) is 0 Å². The molecule has 0 aliphatic heterocycles. The molecule has 6 heteroatoms. The summed E-state index contributed by atoms with van der Waals surface area (Å²) >= 11 is 6.51. The average Bonchev–Trinajstić information content (AvgIpc) is 2.87. The Kier molecular flexibility index (Phi) is 7.90. The number of fused-ring (bicyclic) bond motifs is 1. The van der Waals surface area contributed by atoms with Crippen molar-refractivity contribution in [3.05, 3.63) is 106 Å². The highest BCUT2D eigenvalue weighted by molar-refractivity contribution is 6.49. The van der Waals surface area contributed by atoms with E-state index in [9.17, 15) is 9.59 Å². The Morgan fingerprint density at radius 2 is 1.67 bits per heavy atom. The van der Waals surface area contributed by atoms with Crippen LogP contribution in [0.1, 0.15) is 70.4 Å². The largest absolute Gasteiger partial charge is 0.348 e. The van der Waals surface area contributed by atoms with Crippen molar-refractivity contribution in [3.63, 3.8) is 0 Å². The molecule has 5 nitrogen and oxygen atoms in total. The highest BCUT2D eigenvalue weighted by Gasteiger charge is 2.23. The molecule has 2 amide bonds. The van der Waals surface area contributed by atoms with Crippen LogP contribution < -0.4 is 5.32 Å². The number of hydrogen-bond donors (Lipinski definition) is 1. The SMILES string of the molecule is CC(=O)N(C)Cc1ccc(Cc2cncc(C(=O)NCc3ccc4c(c3)C(Cl)=CC(C)C4C)c2)cc1. The lowest BCUT2D eigenvalue weighted by Crippen LogP contribution is -2.23. The molecule has 3 aromatic rings. The lowest BCUT2D eigenvalue weighted by molar-refractivity contribution is -0.128. The molecule has 4 rings (SSSR count). The number of carbonyl (C=O) groups excluding carboxylic acids is 2. The van der Waals surface area contributed by atoms with Gasteiger partial charge in [0.2, 0.25) is 5.91 Å². The van der Waals surface area contributed by atoms with Gasteiger partial charge in [-0.25, -0.2) is 0 Å². The molecule has 1 heterocycles. The van der Waals surface area contributed by atoms with Crippen LogP contribution in [0.15, 0.2) is 67.0 Å². The fourth-order valence-corrected chi connectivity index (χ4v) is 4.80. The lowest BCUT2D eigenvalue weighted by Gasteiger charge is -2.26. The first-order valence-corrected chi connectivity index (χ1v) is 12.6. The molecule has 0 bridgehead atoms. The van der Waals surface area contributed by atoms with Crippen molar-refractivity contribution in [3.8, 4) is 0 Å². The van der Waals surface area contributed by atoms with Gasteiger partial charge in [-0.05, 0) is 63.8 Å². The zero-order chi connectivity index (χ0) is 25.8. The Hall–Kier alpha value is -3.44. The van der Waals surface area contributed by atoms with Gasteiger partial charge in [0, 0.05) is 44.5 Å². The van der Waals surface area contributed by atoms with Gasteiger partial charge in [0.05, 0.1) is 5.56 Å². The zero-order valence-electron chi connectivity index (χ0n) is 21.2. The van der Waals surface area contributed by atoms with Gasteiger partial charge in [-0.15, -0.1) is 0 Å². The van der Waals surface area contributed by atoms with Crippen LogP contribution in [-0.4, -0.2) is 28.7 Å². The normalized spacial score (nSPS) is 16.6. The van der Waals surface area contributed by atoms with Gasteiger partial charge in [-0.2, -0.15) is 0 Å². The molecule has 2 aromatic carbocycles.